The molecule has 0 saturated carbocycles. The molecule has 1 saturated heterocycles. The van der Waals surface area contributed by atoms with Crippen molar-refractivity contribution < 1.29 is 18.0 Å². The summed E-state index contributed by atoms with van der Waals surface area (Å²) in [5.41, 5.74) is 7.08. The van der Waals surface area contributed by atoms with Crippen LogP contribution in [0.5, 0.6) is 0 Å². The highest BCUT2D eigenvalue weighted by Crippen LogP contribution is 2.33. The van der Waals surface area contributed by atoms with E-state index in [-0.39, 0.29) is 11.8 Å². The monoisotopic (exact) mass is 448 g/mol. The molecule has 0 aromatic heterocycles. The predicted octanol–water partition coefficient (Wildman–Crippen LogP) is 3.31. The van der Waals surface area contributed by atoms with E-state index < -0.39 is 15.3 Å². The van der Waals surface area contributed by atoms with Gasteiger partial charge in [-0.3, -0.25) is 14.3 Å². The van der Waals surface area contributed by atoms with E-state index in [1.165, 1.54) is 0 Å². The molecule has 2 aromatic rings. The standard InChI is InChI=1S/C21H23ClN3O4S/c22-17-8-5-15(6-9-17)7-10-20(26)25-13-11-16(12-14-25)18-3-1-2-4-19(18)24-30(28,29)21(23)27/h1-6,8-10,16,24H,7,11-14H2,(H2,23,27). The summed E-state index contributed by atoms with van der Waals surface area (Å²) in [5.74, 6) is 0.0446. The Bertz CT molecular complexity index is 1020. The van der Waals surface area contributed by atoms with E-state index in [9.17, 15) is 18.0 Å². The van der Waals surface area contributed by atoms with Gasteiger partial charge in [0.2, 0.25) is 5.91 Å². The Morgan fingerprint density at radius 2 is 1.73 bits per heavy atom. The maximum Gasteiger partial charge on any atom is 0.354 e. The zero-order chi connectivity index (χ0) is 21.7. The second kappa shape index (κ2) is 9.49. The van der Waals surface area contributed by atoms with Gasteiger partial charge in [-0.2, -0.15) is 8.42 Å². The Hall–Kier alpha value is -2.58. The molecule has 1 fully saturated rings. The number of benzene rings is 2. The zero-order valence-electron chi connectivity index (χ0n) is 16.3. The van der Waals surface area contributed by atoms with Gasteiger partial charge in [0.1, 0.15) is 0 Å². The normalized spacial score (nSPS) is 15.0. The fourth-order valence-electron chi connectivity index (χ4n) is 3.51. The average Bonchev–Trinajstić information content (AvgIpc) is 2.73. The number of likely N-dealkylation sites (tertiary alicyclic amines) is 1. The second-order valence-corrected chi connectivity index (χ2v) is 9.20. The first-order chi connectivity index (χ1) is 14.3. The topological polar surface area (TPSA) is 110 Å². The van der Waals surface area contributed by atoms with Crippen LogP contribution in [-0.4, -0.2) is 37.6 Å². The van der Waals surface area contributed by atoms with Crippen LogP contribution in [0.2, 0.25) is 5.02 Å². The molecule has 1 aliphatic rings. The number of amides is 2. The van der Waals surface area contributed by atoms with Gasteiger partial charge < -0.3 is 10.6 Å². The van der Waals surface area contributed by atoms with Gasteiger partial charge in [-0.15, -0.1) is 0 Å². The summed E-state index contributed by atoms with van der Waals surface area (Å²) < 4.78 is 25.9. The van der Waals surface area contributed by atoms with Crippen LogP contribution in [-0.2, 0) is 21.2 Å². The quantitative estimate of drug-likeness (QED) is 0.706. The molecule has 3 N–H and O–H groups in total. The smallest absolute Gasteiger partial charge is 0.354 e. The van der Waals surface area contributed by atoms with Gasteiger partial charge in [0.25, 0.3) is 0 Å². The van der Waals surface area contributed by atoms with Crippen molar-refractivity contribution in [2.45, 2.75) is 25.2 Å². The number of sulfonamides is 1. The number of hydrogen-bond donors (Lipinski definition) is 2. The summed E-state index contributed by atoms with van der Waals surface area (Å²) in [6, 6.07) is 14.3. The van der Waals surface area contributed by atoms with Gasteiger partial charge in [0.15, 0.2) is 0 Å². The van der Waals surface area contributed by atoms with Crippen molar-refractivity contribution in [2.75, 3.05) is 17.8 Å². The molecule has 1 aliphatic heterocycles. The van der Waals surface area contributed by atoms with Gasteiger partial charge in [-0.05, 0) is 54.5 Å². The minimum absolute atomic E-state index is 0.0221. The van der Waals surface area contributed by atoms with E-state index in [1.54, 1.807) is 35.6 Å². The lowest BCUT2D eigenvalue weighted by Crippen LogP contribution is -2.38. The number of hydrogen-bond acceptors (Lipinski definition) is 4. The highest BCUT2D eigenvalue weighted by atomic mass is 35.5. The van der Waals surface area contributed by atoms with Crippen LogP contribution in [0.25, 0.3) is 0 Å². The van der Waals surface area contributed by atoms with E-state index in [1.807, 2.05) is 24.3 Å². The largest absolute Gasteiger partial charge is 0.355 e. The van der Waals surface area contributed by atoms with Crippen molar-refractivity contribution in [3.8, 4) is 0 Å². The van der Waals surface area contributed by atoms with Crippen molar-refractivity contribution in [1.82, 2.24) is 4.90 Å². The molecule has 0 unspecified atom stereocenters. The van der Waals surface area contributed by atoms with E-state index in [4.69, 9.17) is 17.3 Å². The van der Waals surface area contributed by atoms with Crippen molar-refractivity contribution in [1.29, 1.82) is 0 Å². The highest BCUT2D eigenvalue weighted by Gasteiger charge is 2.27. The van der Waals surface area contributed by atoms with Gasteiger partial charge in [-0.1, -0.05) is 41.9 Å². The molecule has 1 heterocycles. The number of carbonyl (C=O) groups is 2. The van der Waals surface area contributed by atoms with Gasteiger partial charge in [-0.25, -0.2) is 0 Å². The molecular formula is C21H23ClN3O4S. The summed E-state index contributed by atoms with van der Waals surface area (Å²) in [6.07, 6.45) is 3.58. The van der Waals surface area contributed by atoms with Crippen molar-refractivity contribution in [2.24, 2.45) is 5.73 Å². The van der Waals surface area contributed by atoms with E-state index in [2.05, 4.69) is 4.72 Å². The Morgan fingerprint density at radius 3 is 2.37 bits per heavy atom. The molecular weight excluding hydrogens is 426 g/mol. The molecule has 7 nitrogen and oxygen atoms in total. The zero-order valence-corrected chi connectivity index (χ0v) is 17.8. The van der Waals surface area contributed by atoms with Crippen molar-refractivity contribution >= 4 is 38.5 Å². The minimum Gasteiger partial charge on any atom is -0.355 e. The summed E-state index contributed by atoms with van der Waals surface area (Å²) in [5, 5.41) is -0.764. The first kappa shape index (κ1) is 22.1. The van der Waals surface area contributed by atoms with Crippen LogP contribution in [0.1, 0.15) is 29.9 Å². The number of primary amides is 1. The molecule has 0 bridgehead atoms. The fraction of sp³-hybridized carbons (Fsp3) is 0.286. The minimum atomic E-state index is -4.26. The SMILES string of the molecule is NC(=O)S(=O)(=O)Nc1ccccc1C1CCN(C(=O)[CH]Cc2ccc(Cl)cc2)CC1. The van der Waals surface area contributed by atoms with Crippen LogP contribution >= 0.6 is 11.6 Å². The highest BCUT2D eigenvalue weighted by molar-refractivity contribution is 8.07. The van der Waals surface area contributed by atoms with Crippen molar-refractivity contribution in [3.63, 3.8) is 0 Å². The molecule has 9 heteroatoms. The average molecular weight is 449 g/mol. The number of nitrogens with zero attached hydrogens (tertiary/aromatic N) is 1. The maximum absolute atomic E-state index is 12.5. The lowest BCUT2D eigenvalue weighted by molar-refractivity contribution is -0.128. The van der Waals surface area contributed by atoms with Gasteiger partial charge >= 0.3 is 15.3 Å². The molecule has 2 amide bonds. The van der Waals surface area contributed by atoms with Gasteiger partial charge in [0.05, 0.1) is 12.1 Å². The summed E-state index contributed by atoms with van der Waals surface area (Å²) in [7, 11) is -4.26. The first-order valence-electron chi connectivity index (χ1n) is 9.54. The van der Waals surface area contributed by atoms with Gasteiger partial charge in [0, 0.05) is 18.1 Å². The predicted molar refractivity (Wildman–Crippen MR) is 117 cm³/mol. The fourth-order valence-corrected chi connectivity index (χ4v) is 4.21. The Morgan fingerprint density at radius 1 is 1.10 bits per heavy atom. The Labute approximate surface area is 181 Å². The summed E-state index contributed by atoms with van der Waals surface area (Å²) >= 11 is 5.88. The summed E-state index contributed by atoms with van der Waals surface area (Å²) in [4.78, 5) is 25.4. The molecule has 0 atom stereocenters. The van der Waals surface area contributed by atoms with E-state index >= 15 is 0 Å². The lowest BCUT2D eigenvalue weighted by Gasteiger charge is -2.33. The molecule has 159 valence electrons. The molecule has 0 aliphatic carbocycles. The Kier molecular flexibility index (Phi) is 6.99. The van der Waals surface area contributed by atoms with Crippen LogP contribution in [0.4, 0.5) is 10.5 Å². The number of rotatable bonds is 6. The van der Waals surface area contributed by atoms with Crippen LogP contribution in [0.15, 0.2) is 48.5 Å². The number of nitrogens with one attached hydrogen (secondary N) is 1. The number of carbonyl (C=O) groups excluding carboxylic acids is 2. The maximum atomic E-state index is 12.5. The molecule has 30 heavy (non-hydrogen) atoms. The lowest BCUT2D eigenvalue weighted by atomic mass is 9.88. The third-order valence-electron chi connectivity index (χ3n) is 5.14. The van der Waals surface area contributed by atoms with Crippen LogP contribution in [0.3, 0.4) is 0 Å². The van der Waals surface area contributed by atoms with Crippen LogP contribution < -0.4 is 10.5 Å². The Balaban J connectivity index is 1.58. The first-order valence-corrected chi connectivity index (χ1v) is 11.4. The number of nitrogens with two attached hydrogens (primary N) is 1. The molecule has 0 spiro atoms. The molecule has 1 radical (unpaired) electrons. The van der Waals surface area contributed by atoms with Crippen LogP contribution in [0, 0.1) is 6.42 Å². The number of halogens is 1. The van der Waals surface area contributed by atoms with Crippen molar-refractivity contribution in [3.05, 3.63) is 71.1 Å². The summed E-state index contributed by atoms with van der Waals surface area (Å²) in [6.45, 7) is 1.13. The number of anilines is 1. The van der Waals surface area contributed by atoms with E-state index in [0.717, 1.165) is 11.1 Å². The molecule has 2 aromatic carbocycles. The molecule has 3 rings (SSSR count). The number of piperidine rings is 1. The third-order valence-corrected chi connectivity index (χ3v) is 6.41. The van der Waals surface area contributed by atoms with E-state index in [0.29, 0.717) is 43.1 Å². The number of para-hydroxylation sites is 1. The second-order valence-electron chi connectivity index (χ2n) is 7.15. The third kappa shape index (κ3) is 5.52.